The van der Waals surface area contributed by atoms with Crippen molar-refractivity contribution in [3.05, 3.63) is 64.1 Å². The Balaban J connectivity index is 1.13. The van der Waals surface area contributed by atoms with Gasteiger partial charge in [0.15, 0.2) is 5.58 Å². The number of anilines is 1. The van der Waals surface area contributed by atoms with Gasteiger partial charge in [0, 0.05) is 37.8 Å². The summed E-state index contributed by atoms with van der Waals surface area (Å²) < 4.78 is 5.05. The van der Waals surface area contributed by atoms with Crippen LogP contribution in [0.25, 0.3) is 11.1 Å². The number of carbonyl (C=O) groups is 3. The van der Waals surface area contributed by atoms with Gasteiger partial charge in [0.25, 0.3) is 0 Å². The van der Waals surface area contributed by atoms with E-state index in [0.717, 1.165) is 24.1 Å². The second kappa shape index (κ2) is 9.98. The Morgan fingerprint density at radius 2 is 1.89 bits per heavy atom. The predicted octanol–water partition coefficient (Wildman–Crippen LogP) is 2.84. The lowest BCUT2D eigenvalue weighted by Crippen LogP contribution is -2.50. The topological polar surface area (TPSA) is 136 Å². The number of benzene rings is 2. The highest BCUT2D eigenvalue weighted by molar-refractivity contribution is 5.92. The Kier molecular flexibility index (Phi) is 6.60. The van der Waals surface area contributed by atoms with Crippen LogP contribution < -0.4 is 11.1 Å². The normalized spacial score (nSPS) is 17.6. The molecular formula is C26H28N4O6. The number of nitrogens with one attached hydrogen (secondary N) is 2. The number of aromatic amines is 1. The first-order valence-electron chi connectivity index (χ1n) is 12.1. The van der Waals surface area contributed by atoms with E-state index in [0.29, 0.717) is 36.3 Å². The van der Waals surface area contributed by atoms with Crippen LogP contribution in [0.4, 0.5) is 10.5 Å². The molecule has 1 fully saturated rings. The summed E-state index contributed by atoms with van der Waals surface area (Å²) in [4.78, 5) is 55.0. The summed E-state index contributed by atoms with van der Waals surface area (Å²) in [6.45, 7) is 2.10. The highest BCUT2D eigenvalue weighted by atomic mass is 16.4. The Morgan fingerprint density at radius 1 is 1.11 bits per heavy atom. The fourth-order valence-electron chi connectivity index (χ4n) is 5.14. The first kappa shape index (κ1) is 23.8. The molecule has 1 saturated heterocycles. The minimum atomic E-state index is -1.03. The minimum Gasteiger partial charge on any atom is -0.481 e. The number of hydrogen-bond donors (Lipinski definition) is 3. The first-order chi connectivity index (χ1) is 17.4. The summed E-state index contributed by atoms with van der Waals surface area (Å²) in [6.07, 6.45) is 1.61. The largest absolute Gasteiger partial charge is 0.481 e. The fraction of sp³-hybridized carbons (Fsp3) is 0.385. The van der Waals surface area contributed by atoms with Crippen molar-refractivity contribution in [2.24, 2.45) is 5.92 Å². The second-order valence-corrected chi connectivity index (χ2v) is 9.55. The van der Waals surface area contributed by atoms with Gasteiger partial charge in [0.2, 0.25) is 0 Å². The molecule has 188 valence electrons. The first-order valence-corrected chi connectivity index (χ1v) is 12.1. The number of carbonyl (C=O) groups excluding carboxylic acids is 2. The van der Waals surface area contributed by atoms with E-state index in [-0.39, 0.29) is 37.2 Å². The third-order valence-electron chi connectivity index (χ3n) is 7.05. The minimum absolute atomic E-state index is 0.0737. The Labute approximate surface area is 206 Å². The molecule has 3 heterocycles. The highest BCUT2D eigenvalue weighted by Gasteiger charge is 2.32. The van der Waals surface area contributed by atoms with Crippen LogP contribution in [-0.2, 0) is 22.6 Å². The molecule has 2 aliphatic rings. The molecule has 1 unspecified atom stereocenters. The SMILES string of the molecule is O=C(CC(Cc1ccc2[nH]c(=O)oc2c1)C(=O)O)CN1CCC(N2Cc3ccccc3NC2=O)CC1. The van der Waals surface area contributed by atoms with Gasteiger partial charge in [0.1, 0.15) is 5.78 Å². The molecule has 36 heavy (non-hydrogen) atoms. The van der Waals surface area contributed by atoms with Crippen molar-refractivity contribution in [1.29, 1.82) is 0 Å². The molecule has 1 atom stereocenters. The molecule has 3 aromatic rings. The number of H-pyrrole nitrogens is 1. The number of ketones is 1. The maximum Gasteiger partial charge on any atom is 0.417 e. The number of aliphatic carboxylic acids is 1. The highest BCUT2D eigenvalue weighted by Crippen LogP contribution is 2.27. The quantitative estimate of drug-likeness (QED) is 0.440. The van der Waals surface area contributed by atoms with Gasteiger partial charge in [-0.15, -0.1) is 0 Å². The molecule has 5 rings (SSSR count). The molecule has 3 N–H and O–H groups in total. The van der Waals surface area contributed by atoms with Crippen molar-refractivity contribution in [1.82, 2.24) is 14.8 Å². The standard InChI is InChI=1S/C26H28N4O6/c31-20(13-18(24(32)33)11-16-5-6-22-23(12-16)36-26(35)28-22)15-29-9-7-19(8-10-29)30-14-17-3-1-2-4-21(17)27-25(30)34/h1-6,12,18-19H,7-11,13-15H2,(H,27,34)(H,28,35)(H,32,33). The number of rotatable bonds is 8. The Bertz CT molecular complexity index is 1350. The molecule has 0 bridgehead atoms. The third-order valence-corrected chi connectivity index (χ3v) is 7.05. The van der Waals surface area contributed by atoms with Crippen LogP contribution in [0.15, 0.2) is 51.7 Å². The van der Waals surface area contributed by atoms with Gasteiger partial charge in [0.05, 0.1) is 18.0 Å². The lowest BCUT2D eigenvalue weighted by Gasteiger charge is -2.40. The van der Waals surface area contributed by atoms with Crippen molar-refractivity contribution < 1.29 is 23.9 Å². The third kappa shape index (κ3) is 5.18. The van der Waals surface area contributed by atoms with Crippen molar-refractivity contribution in [2.75, 3.05) is 25.0 Å². The lowest BCUT2D eigenvalue weighted by molar-refractivity contribution is -0.143. The zero-order valence-corrected chi connectivity index (χ0v) is 19.7. The molecular weight excluding hydrogens is 464 g/mol. The number of para-hydroxylation sites is 1. The number of hydrogen-bond acceptors (Lipinski definition) is 6. The number of fused-ring (bicyclic) bond motifs is 2. The van der Waals surface area contributed by atoms with Crippen LogP contribution >= 0.6 is 0 Å². The molecule has 0 saturated carbocycles. The van der Waals surface area contributed by atoms with Crippen LogP contribution in [0, 0.1) is 5.92 Å². The smallest absolute Gasteiger partial charge is 0.417 e. The van der Waals surface area contributed by atoms with Gasteiger partial charge in [-0.2, -0.15) is 0 Å². The number of Topliss-reactive ketones (excluding diaryl/α,β-unsaturated/α-hetero) is 1. The van der Waals surface area contributed by atoms with Crippen molar-refractivity contribution >= 4 is 34.6 Å². The van der Waals surface area contributed by atoms with Gasteiger partial charge in [-0.25, -0.2) is 9.59 Å². The number of carboxylic acid groups (broad SMARTS) is 1. The van der Waals surface area contributed by atoms with Crippen LogP contribution in [0.1, 0.15) is 30.4 Å². The van der Waals surface area contributed by atoms with Crippen LogP contribution in [0.5, 0.6) is 0 Å². The van der Waals surface area contributed by atoms with Crippen molar-refractivity contribution in [3.63, 3.8) is 0 Å². The van der Waals surface area contributed by atoms with Gasteiger partial charge >= 0.3 is 17.8 Å². The summed E-state index contributed by atoms with van der Waals surface area (Å²) in [6, 6.07) is 12.8. The van der Waals surface area contributed by atoms with Gasteiger partial charge in [-0.1, -0.05) is 24.3 Å². The van der Waals surface area contributed by atoms with Crippen molar-refractivity contribution in [2.45, 2.75) is 38.3 Å². The number of likely N-dealkylation sites (tertiary alicyclic amines) is 1. The predicted molar refractivity (Wildman–Crippen MR) is 132 cm³/mol. The Hall–Kier alpha value is -3.92. The van der Waals surface area contributed by atoms with E-state index in [9.17, 15) is 24.3 Å². The average Bonchev–Trinajstić information content (AvgIpc) is 3.23. The number of nitrogens with zero attached hydrogens (tertiary/aromatic N) is 2. The van der Waals surface area contributed by atoms with Gasteiger partial charge < -0.3 is 19.7 Å². The molecule has 1 aromatic heterocycles. The van der Waals surface area contributed by atoms with E-state index in [1.54, 1.807) is 18.2 Å². The number of carboxylic acids is 1. The molecule has 0 radical (unpaired) electrons. The number of urea groups is 1. The van der Waals surface area contributed by atoms with E-state index < -0.39 is 17.6 Å². The summed E-state index contributed by atoms with van der Waals surface area (Å²) in [5.74, 6) is -2.59. The van der Waals surface area contributed by atoms with E-state index in [1.165, 1.54) is 0 Å². The molecule has 2 aromatic carbocycles. The molecule has 10 heteroatoms. The van der Waals surface area contributed by atoms with Crippen LogP contribution in [0.3, 0.4) is 0 Å². The average molecular weight is 493 g/mol. The summed E-state index contributed by atoms with van der Waals surface area (Å²) in [5.41, 5.74) is 3.54. The van der Waals surface area contributed by atoms with Crippen LogP contribution in [0.2, 0.25) is 0 Å². The van der Waals surface area contributed by atoms with Gasteiger partial charge in [-0.05, 0) is 48.6 Å². The molecule has 2 aliphatic heterocycles. The number of aromatic nitrogens is 1. The number of amides is 2. The maximum absolute atomic E-state index is 12.8. The zero-order chi connectivity index (χ0) is 25.2. The number of oxazole rings is 1. The van der Waals surface area contributed by atoms with Gasteiger partial charge in [-0.3, -0.25) is 19.5 Å². The van der Waals surface area contributed by atoms with E-state index in [1.807, 2.05) is 34.1 Å². The molecule has 2 amide bonds. The van der Waals surface area contributed by atoms with E-state index in [4.69, 9.17) is 4.42 Å². The lowest BCUT2D eigenvalue weighted by atomic mass is 9.93. The summed E-state index contributed by atoms with van der Waals surface area (Å²) in [5, 5.41) is 12.6. The second-order valence-electron chi connectivity index (χ2n) is 9.55. The van der Waals surface area contributed by atoms with Crippen LogP contribution in [-0.4, -0.2) is 63.4 Å². The monoisotopic (exact) mass is 492 g/mol. The molecule has 10 nitrogen and oxygen atoms in total. The molecule has 0 spiro atoms. The van der Waals surface area contributed by atoms with Crippen molar-refractivity contribution in [3.8, 4) is 0 Å². The zero-order valence-electron chi connectivity index (χ0n) is 19.7. The fourth-order valence-corrected chi connectivity index (χ4v) is 5.14. The summed E-state index contributed by atoms with van der Waals surface area (Å²) >= 11 is 0. The van der Waals surface area contributed by atoms with E-state index in [2.05, 4.69) is 10.3 Å². The number of piperidine rings is 1. The maximum atomic E-state index is 12.8. The van der Waals surface area contributed by atoms with E-state index >= 15 is 0 Å². The Morgan fingerprint density at radius 3 is 2.67 bits per heavy atom. The summed E-state index contributed by atoms with van der Waals surface area (Å²) in [7, 11) is 0. The molecule has 0 aliphatic carbocycles.